The van der Waals surface area contributed by atoms with Crippen LogP contribution in [0.15, 0.2) is 29.6 Å². The summed E-state index contributed by atoms with van der Waals surface area (Å²) in [6.07, 6.45) is 0. The highest BCUT2D eigenvalue weighted by atomic mass is 35.5. The maximum atomic E-state index is 11.3. The Morgan fingerprint density at radius 1 is 1.33 bits per heavy atom. The van der Waals surface area contributed by atoms with Gasteiger partial charge in [0.2, 0.25) is 0 Å². The second kappa shape index (κ2) is 5.69. The molecule has 0 bridgehead atoms. The Labute approximate surface area is 119 Å². The van der Waals surface area contributed by atoms with E-state index in [-0.39, 0.29) is 0 Å². The number of thiazole rings is 1. The van der Waals surface area contributed by atoms with Crippen molar-refractivity contribution in [2.45, 2.75) is 11.8 Å². The molecule has 0 spiro atoms. The molecule has 2 rings (SSSR count). The summed E-state index contributed by atoms with van der Waals surface area (Å²) in [7, 11) is 0. The zero-order valence-electron chi connectivity index (χ0n) is 9.48. The van der Waals surface area contributed by atoms with Crippen molar-refractivity contribution in [3.05, 3.63) is 35.2 Å². The molecule has 1 aromatic carbocycles. The summed E-state index contributed by atoms with van der Waals surface area (Å²) in [5.41, 5.74) is 3.01. The maximum absolute atomic E-state index is 11.3. The smallest absolute Gasteiger partial charge is 0.259 e. The summed E-state index contributed by atoms with van der Waals surface area (Å²) in [5.74, 6) is -0.469. The first-order valence-corrected chi connectivity index (χ1v) is 6.93. The number of carbonyl (C=O) groups excluding carboxylic acids is 1. The Kier molecular flexibility index (Phi) is 4.22. The quantitative estimate of drug-likeness (QED) is 0.875. The molecule has 0 aliphatic heterocycles. The number of aryl methyl sites for hydroxylation is 1. The number of rotatable bonds is 3. The lowest BCUT2D eigenvalue weighted by atomic mass is 10.1. The average Bonchev–Trinajstić information content (AvgIpc) is 2.78. The van der Waals surface area contributed by atoms with Crippen molar-refractivity contribution in [3.63, 3.8) is 0 Å². The van der Waals surface area contributed by atoms with E-state index < -0.39 is 10.7 Å². The van der Waals surface area contributed by atoms with Crippen LogP contribution < -0.4 is 5.32 Å². The van der Waals surface area contributed by atoms with Gasteiger partial charge in [-0.1, -0.05) is 53.0 Å². The van der Waals surface area contributed by atoms with E-state index in [2.05, 4.69) is 10.3 Å². The van der Waals surface area contributed by atoms with Gasteiger partial charge in [-0.3, -0.25) is 10.1 Å². The van der Waals surface area contributed by atoms with E-state index in [9.17, 15) is 4.79 Å². The Morgan fingerprint density at radius 2 is 2.00 bits per heavy atom. The maximum Gasteiger partial charge on any atom is 0.259 e. The van der Waals surface area contributed by atoms with Gasteiger partial charge in [0.05, 0.1) is 5.69 Å². The van der Waals surface area contributed by atoms with Gasteiger partial charge in [-0.15, -0.1) is 11.3 Å². The molecule has 0 fully saturated rings. The third-order valence-corrected chi connectivity index (χ3v) is 3.43. The van der Waals surface area contributed by atoms with E-state index in [4.69, 9.17) is 23.2 Å². The Hall–Kier alpha value is -1.10. The standard InChI is InChI=1S/C12H10Cl2N2OS/c1-7-2-4-8(5-3-7)9-6-18-12(15-9)16-11(17)10(13)14/h2-6,10H,1H3,(H,15,16,17). The SMILES string of the molecule is Cc1ccc(-c2csc(NC(=O)C(Cl)Cl)n2)cc1. The zero-order valence-corrected chi connectivity index (χ0v) is 11.8. The molecule has 1 heterocycles. The molecule has 0 aliphatic carbocycles. The van der Waals surface area contributed by atoms with Crippen LogP contribution >= 0.6 is 34.5 Å². The first-order valence-electron chi connectivity index (χ1n) is 5.18. The van der Waals surface area contributed by atoms with Gasteiger partial charge in [0.15, 0.2) is 9.97 Å². The van der Waals surface area contributed by atoms with Crippen LogP contribution in [0.1, 0.15) is 5.56 Å². The van der Waals surface area contributed by atoms with Crippen molar-refractivity contribution in [2.75, 3.05) is 5.32 Å². The molecular weight excluding hydrogens is 291 g/mol. The van der Waals surface area contributed by atoms with Crippen molar-refractivity contribution in [1.29, 1.82) is 0 Å². The van der Waals surface area contributed by atoms with Crippen LogP contribution in [0.2, 0.25) is 0 Å². The minimum absolute atomic E-state index is 0.469. The van der Waals surface area contributed by atoms with Gasteiger partial charge in [-0.2, -0.15) is 0 Å². The zero-order chi connectivity index (χ0) is 13.1. The second-order valence-corrected chi connectivity index (χ2v) is 5.65. The highest BCUT2D eigenvalue weighted by Gasteiger charge is 2.13. The number of aromatic nitrogens is 1. The average molecular weight is 301 g/mol. The fraction of sp³-hybridized carbons (Fsp3) is 0.167. The Morgan fingerprint density at radius 3 is 2.61 bits per heavy atom. The van der Waals surface area contributed by atoms with E-state index >= 15 is 0 Å². The number of hydrogen-bond donors (Lipinski definition) is 1. The molecular formula is C12H10Cl2N2OS. The molecule has 3 nitrogen and oxygen atoms in total. The molecule has 6 heteroatoms. The molecule has 18 heavy (non-hydrogen) atoms. The number of hydrogen-bond acceptors (Lipinski definition) is 3. The molecule has 1 amide bonds. The monoisotopic (exact) mass is 300 g/mol. The predicted molar refractivity (Wildman–Crippen MR) is 76.4 cm³/mol. The highest BCUT2D eigenvalue weighted by molar-refractivity contribution is 7.14. The lowest BCUT2D eigenvalue weighted by Gasteiger charge is -2.00. The molecule has 1 N–H and O–H groups in total. The minimum atomic E-state index is -1.09. The lowest BCUT2D eigenvalue weighted by Crippen LogP contribution is -2.18. The van der Waals surface area contributed by atoms with Crippen LogP contribution in [0.5, 0.6) is 0 Å². The van der Waals surface area contributed by atoms with Crippen molar-refractivity contribution in [3.8, 4) is 11.3 Å². The van der Waals surface area contributed by atoms with E-state index in [1.807, 2.05) is 36.6 Å². The fourth-order valence-corrected chi connectivity index (χ4v) is 2.18. The van der Waals surface area contributed by atoms with Crippen molar-refractivity contribution in [1.82, 2.24) is 4.98 Å². The number of halogens is 2. The Bertz CT molecular complexity index is 551. The first kappa shape index (κ1) is 13.3. The lowest BCUT2D eigenvalue weighted by molar-refractivity contribution is -0.114. The number of nitrogens with zero attached hydrogens (tertiary/aromatic N) is 1. The predicted octanol–water partition coefficient (Wildman–Crippen LogP) is 3.86. The normalized spacial score (nSPS) is 10.7. The molecule has 94 valence electrons. The van der Waals surface area contributed by atoms with Gasteiger partial charge in [0.25, 0.3) is 5.91 Å². The molecule has 0 atom stereocenters. The molecule has 0 unspecified atom stereocenters. The molecule has 0 radical (unpaired) electrons. The van der Waals surface area contributed by atoms with Gasteiger partial charge < -0.3 is 0 Å². The molecule has 0 saturated heterocycles. The number of anilines is 1. The minimum Gasteiger partial charge on any atom is -0.300 e. The van der Waals surface area contributed by atoms with Gasteiger partial charge in [0.1, 0.15) is 0 Å². The number of alkyl halides is 2. The number of amides is 1. The second-order valence-electron chi connectivity index (χ2n) is 3.69. The summed E-state index contributed by atoms with van der Waals surface area (Å²) >= 11 is 12.2. The van der Waals surface area contributed by atoms with Gasteiger partial charge in [-0.05, 0) is 6.92 Å². The van der Waals surface area contributed by atoms with Crippen molar-refractivity contribution in [2.24, 2.45) is 0 Å². The largest absolute Gasteiger partial charge is 0.300 e. The third kappa shape index (κ3) is 3.22. The molecule has 2 aromatic rings. The number of benzene rings is 1. The first-order chi connectivity index (χ1) is 8.56. The topological polar surface area (TPSA) is 42.0 Å². The van der Waals surface area contributed by atoms with E-state index in [1.165, 1.54) is 16.9 Å². The van der Waals surface area contributed by atoms with Crippen LogP contribution in [0, 0.1) is 6.92 Å². The Balaban J connectivity index is 2.15. The van der Waals surface area contributed by atoms with Gasteiger partial charge >= 0.3 is 0 Å². The molecule has 1 aromatic heterocycles. The van der Waals surface area contributed by atoms with E-state index in [0.717, 1.165) is 11.3 Å². The van der Waals surface area contributed by atoms with Gasteiger partial charge in [0, 0.05) is 10.9 Å². The fourth-order valence-electron chi connectivity index (χ4n) is 1.35. The van der Waals surface area contributed by atoms with Gasteiger partial charge in [-0.25, -0.2) is 4.98 Å². The van der Waals surface area contributed by atoms with Crippen LogP contribution in [0.25, 0.3) is 11.3 Å². The number of carbonyl (C=O) groups is 1. The van der Waals surface area contributed by atoms with Crippen molar-refractivity contribution >= 4 is 45.6 Å². The summed E-state index contributed by atoms with van der Waals surface area (Å²) in [5, 5.41) is 4.91. The van der Waals surface area contributed by atoms with Crippen LogP contribution in [0.4, 0.5) is 5.13 Å². The van der Waals surface area contributed by atoms with E-state index in [1.54, 1.807) is 0 Å². The third-order valence-electron chi connectivity index (χ3n) is 2.28. The summed E-state index contributed by atoms with van der Waals surface area (Å²) in [4.78, 5) is 14.5. The van der Waals surface area contributed by atoms with E-state index in [0.29, 0.717) is 5.13 Å². The summed E-state index contributed by atoms with van der Waals surface area (Å²) in [6.45, 7) is 2.03. The van der Waals surface area contributed by atoms with Crippen LogP contribution in [-0.2, 0) is 4.79 Å². The summed E-state index contributed by atoms with van der Waals surface area (Å²) in [6, 6.07) is 8.00. The summed E-state index contributed by atoms with van der Waals surface area (Å²) < 4.78 is 0. The van der Waals surface area contributed by atoms with Crippen molar-refractivity contribution < 1.29 is 4.79 Å². The van der Waals surface area contributed by atoms with Crippen LogP contribution in [0.3, 0.4) is 0 Å². The highest BCUT2D eigenvalue weighted by Crippen LogP contribution is 2.25. The molecule has 0 aliphatic rings. The molecule has 0 saturated carbocycles. The number of nitrogens with one attached hydrogen (secondary N) is 1. The van der Waals surface area contributed by atoms with Crippen LogP contribution in [-0.4, -0.2) is 15.7 Å².